The zero-order chi connectivity index (χ0) is 27.4. The second-order valence-electron chi connectivity index (χ2n) is 10.4. The van der Waals surface area contributed by atoms with E-state index >= 15 is 0 Å². The van der Waals surface area contributed by atoms with Gasteiger partial charge in [-0.3, -0.25) is 19.5 Å². The molecule has 0 radical (unpaired) electrons. The number of nitrogens with zero attached hydrogens (tertiary/aromatic N) is 3. The molecule has 8 nitrogen and oxygen atoms in total. The number of hydrogen-bond donors (Lipinski definition) is 2. The van der Waals surface area contributed by atoms with Crippen molar-refractivity contribution >= 4 is 11.8 Å². The summed E-state index contributed by atoms with van der Waals surface area (Å²) in [4.78, 5) is 33.5. The molecule has 1 aliphatic heterocycles. The Balaban J connectivity index is 1.31. The van der Waals surface area contributed by atoms with Crippen molar-refractivity contribution < 1.29 is 22.9 Å². The molecule has 2 fully saturated rings. The van der Waals surface area contributed by atoms with Crippen LogP contribution >= 0.6 is 0 Å². The number of rotatable bonds is 7. The molecule has 0 spiro atoms. The van der Waals surface area contributed by atoms with Gasteiger partial charge in [0.15, 0.2) is 11.5 Å². The van der Waals surface area contributed by atoms with E-state index in [0.717, 1.165) is 37.2 Å². The topological polar surface area (TPSA) is 100 Å². The molecular formula is C29H33F2N5O3. The number of likely N-dealkylation sites (tertiary alicyclic amines) is 1. The summed E-state index contributed by atoms with van der Waals surface area (Å²) in [5, 5.41) is 9.86. The van der Waals surface area contributed by atoms with E-state index in [0.29, 0.717) is 19.0 Å². The lowest BCUT2D eigenvalue weighted by molar-refractivity contribution is -0.128. The van der Waals surface area contributed by atoms with Crippen LogP contribution in [0.3, 0.4) is 0 Å². The van der Waals surface area contributed by atoms with Crippen LogP contribution in [0.2, 0.25) is 0 Å². The van der Waals surface area contributed by atoms with Gasteiger partial charge in [0.2, 0.25) is 5.91 Å². The van der Waals surface area contributed by atoms with Crippen LogP contribution < -0.4 is 10.6 Å². The molecule has 3 atom stereocenters. The largest absolute Gasteiger partial charge is 0.355 e. The third-order valence-corrected chi connectivity index (χ3v) is 7.82. The summed E-state index contributed by atoms with van der Waals surface area (Å²) in [5.74, 6) is -2.64. The van der Waals surface area contributed by atoms with Crippen molar-refractivity contribution in [2.24, 2.45) is 5.92 Å². The molecule has 0 unspecified atom stereocenters. The highest BCUT2D eigenvalue weighted by Gasteiger charge is 2.38. The fourth-order valence-electron chi connectivity index (χ4n) is 5.66. The average Bonchev–Trinajstić information content (AvgIpc) is 3.44. The molecule has 2 aliphatic rings. The Bertz CT molecular complexity index is 1300. The molecule has 3 heterocycles. The molecule has 1 saturated carbocycles. The maximum atomic E-state index is 14.2. The summed E-state index contributed by atoms with van der Waals surface area (Å²) >= 11 is 0. The molecule has 2 N–H and O–H groups in total. The van der Waals surface area contributed by atoms with Crippen molar-refractivity contribution in [2.45, 2.75) is 63.6 Å². The predicted octanol–water partition coefficient (Wildman–Crippen LogP) is 4.65. The van der Waals surface area contributed by atoms with Gasteiger partial charge in [-0.25, -0.2) is 8.78 Å². The number of carbonyl (C=O) groups is 2. The summed E-state index contributed by atoms with van der Waals surface area (Å²) in [6, 6.07) is 9.71. The molecule has 0 bridgehead atoms. The summed E-state index contributed by atoms with van der Waals surface area (Å²) < 4.78 is 32.7. The second-order valence-corrected chi connectivity index (χ2v) is 10.4. The molecule has 39 heavy (non-hydrogen) atoms. The number of benzene rings is 1. The minimum absolute atomic E-state index is 0.00417. The Morgan fingerprint density at radius 1 is 1.08 bits per heavy atom. The summed E-state index contributed by atoms with van der Waals surface area (Å²) in [6.45, 7) is 3.21. The Kier molecular flexibility index (Phi) is 8.30. The first-order valence-electron chi connectivity index (χ1n) is 13.6. The Labute approximate surface area is 226 Å². The van der Waals surface area contributed by atoms with E-state index in [1.54, 1.807) is 6.20 Å². The van der Waals surface area contributed by atoms with Crippen molar-refractivity contribution in [3.8, 4) is 11.3 Å². The lowest BCUT2D eigenvalue weighted by Gasteiger charge is -2.43. The first kappa shape index (κ1) is 26.9. The molecular weight excluding hydrogens is 504 g/mol. The van der Waals surface area contributed by atoms with Crippen LogP contribution in [0.15, 0.2) is 53.2 Å². The van der Waals surface area contributed by atoms with E-state index in [1.807, 2.05) is 25.1 Å². The average molecular weight is 538 g/mol. The molecule has 206 valence electrons. The van der Waals surface area contributed by atoms with Gasteiger partial charge in [-0.05, 0) is 50.5 Å². The van der Waals surface area contributed by atoms with Crippen molar-refractivity contribution in [3.63, 3.8) is 0 Å². The highest BCUT2D eigenvalue weighted by Crippen LogP contribution is 2.29. The number of piperidine rings is 1. The van der Waals surface area contributed by atoms with Gasteiger partial charge in [0.05, 0.1) is 23.2 Å². The lowest BCUT2D eigenvalue weighted by Crippen LogP contribution is -2.58. The van der Waals surface area contributed by atoms with Gasteiger partial charge >= 0.3 is 0 Å². The third-order valence-electron chi connectivity index (χ3n) is 7.82. The van der Waals surface area contributed by atoms with Crippen LogP contribution in [0.25, 0.3) is 11.3 Å². The van der Waals surface area contributed by atoms with E-state index in [4.69, 9.17) is 4.52 Å². The normalized spacial score (nSPS) is 21.3. The van der Waals surface area contributed by atoms with E-state index in [9.17, 15) is 18.4 Å². The van der Waals surface area contributed by atoms with Crippen LogP contribution in [0, 0.1) is 17.6 Å². The number of hydrogen-bond acceptors (Lipinski definition) is 6. The Morgan fingerprint density at radius 2 is 1.90 bits per heavy atom. The van der Waals surface area contributed by atoms with Crippen molar-refractivity contribution in [2.75, 3.05) is 13.1 Å². The van der Waals surface area contributed by atoms with E-state index < -0.39 is 29.5 Å². The Morgan fingerprint density at radius 3 is 2.64 bits per heavy atom. The lowest BCUT2D eigenvalue weighted by atomic mass is 9.86. The summed E-state index contributed by atoms with van der Waals surface area (Å²) in [5.41, 5.74) is 0.725. The van der Waals surface area contributed by atoms with Crippen LogP contribution in [0.4, 0.5) is 8.78 Å². The van der Waals surface area contributed by atoms with Crippen molar-refractivity contribution in [3.05, 3.63) is 71.7 Å². The molecule has 3 aromatic rings. The summed E-state index contributed by atoms with van der Waals surface area (Å²) in [6.07, 6.45) is 8.17. The molecule has 1 saturated heterocycles. The van der Waals surface area contributed by atoms with Gasteiger partial charge in [-0.1, -0.05) is 30.5 Å². The Hall–Kier alpha value is -3.66. The SMILES string of the molecule is C[C@H](NC(=O)[C@H]1CN(C2CCCCC2)CC[C@@H]1NC(=O)c1cc(-c2ccc(F)cc2F)on1)c1ccccn1. The third kappa shape index (κ3) is 6.33. The molecule has 1 aromatic carbocycles. The fraction of sp³-hybridized carbons (Fsp3) is 0.448. The molecule has 2 aromatic heterocycles. The number of carbonyl (C=O) groups excluding carboxylic acids is 2. The predicted molar refractivity (Wildman–Crippen MR) is 140 cm³/mol. The smallest absolute Gasteiger partial charge is 0.273 e. The van der Waals surface area contributed by atoms with Crippen LogP contribution in [-0.2, 0) is 4.79 Å². The molecule has 1 aliphatic carbocycles. The van der Waals surface area contributed by atoms with Gasteiger partial charge in [-0.15, -0.1) is 0 Å². The maximum absolute atomic E-state index is 14.2. The fourth-order valence-corrected chi connectivity index (χ4v) is 5.66. The van der Waals surface area contributed by atoms with Crippen molar-refractivity contribution in [1.29, 1.82) is 0 Å². The van der Waals surface area contributed by atoms with Crippen LogP contribution in [0.1, 0.15) is 67.7 Å². The standard InChI is InChI=1S/C29H33F2N5O3/c1-18(24-9-5-6-13-32-24)33-28(37)22-17-36(20-7-3-2-4-8-20)14-12-25(22)34-29(38)26-16-27(39-35-26)21-11-10-19(30)15-23(21)31/h5-6,9-11,13,15-16,18,20,22,25H,2-4,7-8,12,14,17H2,1H3,(H,33,37)(H,34,38)/t18-,22-,25-/m0/s1. The summed E-state index contributed by atoms with van der Waals surface area (Å²) in [7, 11) is 0. The zero-order valence-corrected chi connectivity index (χ0v) is 21.9. The second kappa shape index (κ2) is 12.0. The van der Waals surface area contributed by atoms with E-state index in [1.165, 1.54) is 31.4 Å². The van der Waals surface area contributed by atoms with Crippen LogP contribution in [-0.4, -0.2) is 52.0 Å². The quantitative estimate of drug-likeness (QED) is 0.455. The molecule has 5 rings (SSSR count). The molecule has 2 amide bonds. The first-order valence-corrected chi connectivity index (χ1v) is 13.6. The van der Waals surface area contributed by atoms with Crippen molar-refractivity contribution in [1.82, 2.24) is 25.7 Å². The van der Waals surface area contributed by atoms with Gasteiger partial charge < -0.3 is 15.2 Å². The maximum Gasteiger partial charge on any atom is 0.273 e. The number of aromatic nitrogens is 2. The monoisotopic (exact) mass is 537 g/mol. The first-order chi connectivity index (χ1) is 18.9. The number of pyridine rings is 1. The van der Waals surface area contributed by atoms with Gasteiger partial charge in [0.1, 0.15) is 11.6 Å². The van der Waals surface area contributed by atoms with Gasteiger partial charge in [0, 0.05) is 43.5 Å². The van der Waals surface area contributed by atoms with Gasteiger partial charge in [0.25, 0.3) is 5.91 Å². The van der Waals surface area contributed by atoms with Crippen LogP contribution in [0.5, 0.6) is 0 Å². The van der Waals surface area contributed by atoms with Gasteiger partial charge in [-0.2, -0.15) is 0 Å². The van der Waals surface area contributed by atoms with E-state index in [-0.39, 0.29) is 29.0 Å². The minimum Gasteiger partial charge on any atom is -0.355 e. The molecule has 10 heteroatoms. The highest BCUT2D eigenvalue weighted by molar-refractivity contribution is 5.94. The number of amides is 2. The zero-order valence-electron chi connectivity index (χ0n) is 21.9. The number of nitrogens with one attached hydrogen (secondary N) is 2. The van der Waals surface area contributed by atoms with E-state index in [2.05, 4.69) is 25.7 Å². The highest BCUT2D eigenvalue weighted by atomic mass is 19.1. The number of halogens is 2. The minimum atomic E-state index is -0.813.